The lowest BCUT2D eigenvalue weighted by Gasteiger charge is -2.13. The molecule has 2 N–H and O–H groups in total. The minimum Gasteiger partial charge on any atom is -0.368 e. The highest BCUT2D eigenvalue weighted by molar-refractivity contribution is 7.90. The van der Waals surface area contributed by atoms with E-state index in [9.17, 15) is 21.6 Å². The summed E-state index contributed by atoms with van der Waals surface area (Å²) in [6.45, 7) is 3.02. The minimum atomic E-state index is -4.51. The largest absolute Gasteiger partial charge is 0.416 e. The van der Waals surface area contributed by atoms with Crippen molar-refractivity contribution in [1.29, 1.82) is 0 Å². The predicted molar refractivity (Wildman–Crippen MR) is 111 cm³/mol. The summed E-state index contributed by atoms with van der Waals surface area (Å²) < 4.78 is 65.8. The fraction of sp³-hybridized carbons (Fsp3) is 0.190. The monoisotopic (exact) mass is 433 g/mol. The Balaban J connectivity index is 2.25. The maximum absolute atomic E-state index is 13.1. The van der Waals surface area contributed by atoms with Crippen LogP contribution in [0.1, 0.15) is 30.5 Å². The summed E-state index contributed by atoms with van der Waals surface area (Å²) in [5, 5.41) is -0.759. The van der Waals surface area contributed by atoms with Crippen molar-refractivity contribution in [2.75, 3.05) is 5.73 Å². The summed E-state index contributed by atoms with van der Waals surface area (Å²) in [6.07, 6.45) is 2.22. The van der Waals surface area contributed by atoms with Crippen molar-refractivity contribution < 1.29 is 21.6 Å². The zero-order valence-corrected chi connectivity index (χ0v) is 16.9. The van der Waals surface area contributed by atoms with Crippen molar-refractivity contribution in [3.8, 4) is 12.3 Å². The van der Waals surface area contributed by atoms with E-state index in [0.29, 0.717) is 16.7 Å². The fourth-order valence-corrected chi connectivity index (χ4v) is 4.14. The summed E-state index contributed by atoms with van der Waals surface area (Å²) in [5.74, 6) is 2.13. The molecular formula is C21H18F3N3O2S. The standard InChI is InChI=1S/C21H18F3N3O2S/c1-4-6-17(14-7-5-8-16(11-14)21(22,23)24)15-9-10-18-19(12-15)27(20(25)26-18)30(28,29)13(2)3/h1,5-13H,2-3H3,(H2,25,26)/b17-6+. The van der Waals surface area contributed by atoms with Gasteiger partial charge in [-0.05, 0) is 60.9 Å². The van der Waals surface area contributed by atoms with Gasteiger partial charge in [0.05, 0.1) is 21.8 Å². The highest BCUT2D eigenvalue weighted by Crippen LogP contribution is 2.34. The summed E-state index contributed by atoms with van der Waals surface area (Å²) in [5.41, 5.74) is 6.58. The highest BCUT2D eigenvalue weighted by Gasteiger charge is 2.31. The topological polar surface area (TPSA) is 78.0 Å². The molecule has 0 radical (unpaired) electrons. The van der Waals surface area contributed by atoms with Crippen LogP contribution in [0.15, 0.2) is 48.5 Å². The van der Waals surface area contributed by atoms with Gasteiger partial charge in [-0.1, -0.05) is 24.1 Å². The number of hydrogen-bond acceptors (Lipinski definition) is 4. The second kappa shape index (κ2) is 7.54. The van der Waals surface area contributed by atoms with Gasteiger partial charge in [-0.25, -0.2) is 17.4 Å². The molecule has 156 valence electrons. The lowest BCUT2D eigenvalue weighted by Crippen LogP contribution is -2.23. The first kappa shape index (κ1) is 21.5. The lowest BCUT2D eigenvalue weighted by atomic mass is 9.95. The maximum atomic E-state index is 13.1. The number of rotatable bonds is 4. The lowest BCUT2D eigenvalue weighted by molar-refractivity contribution is -0.137. The smallest absolute Gasteiger partial charge is 0.368 e. The molecule has 0 aliphatic rings. The van der Waals surface area contributed by atoms with Gasteiger partial charge in [0.2, 0.25) is 16.0 Å². The zero-order valence-electron chi connectivity index (χ0n) is 16.1. The molecule has 1 heterocycles. The molecule has 0 saturated carbocycles. The molecule has 0 bridgehead atoms. The number of nitrogens with zero attached hydrogens (tertiary/aromatic N) is 2. The molecule has 9 heteroatoms. The maximum Gasteiger partial charge on any atom is 0.416 e. The van der Waals surface area contributed by atoms with Crippen LogP contribution in [0.2, 0.25) is 0 Å². The molecule has 0 spiro atoms. The Hall–Kier alpha value is -3.25. The molecule has 5 nitrogen and oxygen atoms in total. The molecule has 0 aliphatic heterocycles. The van der Waals surface area contributed by atoms with Gasteiger partial charge in [0.15, 0.2) is 0 Å². The molecule has 30 heavy (non-hydrogen) atoms. The van der Waals surface area contributed by atoms with Crippen molar-refractivity contribution >= 4 is 32.6 Å². The first-order valence-electron chi connectivity index (χ1n) is 8.83. The van der Waals surface area contributed by atoms with Crippen LogP contribution in [-0.4, -0.2) is 22.6 Å². The summed E-state index contributed by atoms with van der Waals surface area (Å²) in [7, 11) is -3.82. The summed E-state index contributed by atoms with van der Waals surface area (Å²) >= 11 is 0. The molecule has 0 amide bonds. The normalized spacial score (nSPS) is 13.0. The van der Waals surface area contributed by atoms with E-state index in [1.807, 2.05) is 0 Å². The van der Waals surface area contributed by atoms with Crippen LogP contribution in [0.4, 0.5) is 19.1 Å². The number of imidazole rings is 1. The van der Waals surface area contributed by atoms with E-state index in [0.717, 1.165) is 16.1 Å². The molecule has 0 aliphatic carbocycles. The molecular weight excluding hydrogens is 415 g/mol. The molecule has 1 aromatic heterocycles. The van der Waals surface area contributed by atoms with Gasteiger partial charge in [-0.3, -0.25) is 0 Å². The van der Waals surface area contributed by atoms with E-state index in [1.165, 1.54) is 38.1 Å². The predicted octanol–water partition coefficient (Wildman–Crippen LogP) is 4.29. The molecule has 0 atom stereocenters. The van der Waals surface area contributed by atoms with E-state index in [4.69, 9.17) is 12.2 Å². The number of fused-ring (bicyclic) bond motifs is 1. The first-order valence-corrected chi connectivity index (χ1v) is 10.3. The SMILES string of the molecule is C#C/C=C(\c1cccc(C(F)(F)F)c1)c1ccc2nc(N)n(S(=O)(=O)C(C)C)c2c1. The van der Waals surface area contributed by atoms with E-state index in [2.05, 4.69) is 10.9 Å². The third kappa shape index (κ3) is 3.78. The van der Waals surface area contributed by atoms with Gasteiger partial charge in [-0.2, -0.15) is 13.2 Å². The fourth-order valence-electron chi connectivity index (χ4n) is 3.00. The van der Waals surface area contributed by atoms with E-state index in [1.54, 1.807) is 12.1 Å². The Kier molecular flexibility index (Phi) is 5.39. The van der Waals surface area contributed by atoms with Crippen LogP contribution < -0.4 is 5.73 Å². The summed E-state index contributed by atoms with van der Waals surface area (Å²) in [6, 6.07) is 9.39. The molecule has 0 unspecified atom stereocenters. The van der Waals surface area contributed by atoms with Gasteiger partial charge in [-0.15, -0.1) is 6.42 Å². The third-order valence-electron chi connectivity index (χ3n) is 4.53. The van der Waals surface area contributed by atoms with E-state index in [-0.39, 0.29) is 17.0 Å². The number of benzene rings is 2. The van der Waals surface area contributed by atoms with Gasteiger partial charge in [0.25, 0.3) is 0 Å². The van der Waals surface area contributed by atoms with Crippen molar-refractivity contribution in [3.63, 3.8) is 0 Å². The van der Waals surface area contributed by atoms with E-state index < -0.39 is 27.0 Å². The number of nitrogen functional groups attached to an aromatic ring is 1. The van der Waals surface area contributed by atoms with Crippen LogP contribution in [0.25, 0.3) is 16.6 Å². The molecule has 2 aromatic carbocycles. The number of anilines is 1. The Morgan fingerprint density at radius 1 is 1.20 bits per heavy atom. The number of allylic oxidation sites excluding steroid dienone is 1. The van der Waals surface area contributed by atoms with Crippen LogP contribution in [0.5, 0.6) is 0 Å². The van der Waals surface area contributed by atoms with Crippen molar-refractivity contribution in [2.24, 2.45) is 0 Å². The Morgan fingerprint density at radius 2 is 1.87 bits per heavy atom. The van der Waals surface area contributed by atoms with Crippen molar-refractivity contribution in [1.82, 2.24) is 8.96 Å². The van der Waals surface area contributed by atoms with Gasteiger partial charge in [0, 0.05) is 0 Å². The number of hydrogen-bond donors (Lipinski definition) is 1. The summed E-state index contributed by atoms with van der Waals surface area (Å²) in [4.78, 5) is 4.08. The highest BCUT2D eigenvalue weighted by atomic mass is 32.2. The van der Waals surface area contributed by atoms with Crippen LogP contribution >= 0.6 is 0 Å². The molecule has 0 saturated heterocycles. The third-order valence-corrected chi connectivity index (χ3v) is 6.61. The number of aromatic nitrogens is 2. The van der Waals surface area contributed by atoms with Crippen molar-refractivity contribution in [2.45, 2.75) is 25.3 Å². The van der Waals surface area contributed by atoms with Gasteiger partial charge >= 0.3 is 6.18 Å². The average Bonchev–Trinajstić information content (AvgIpc) is 3.00. The van der Waals surface area contributed by atoms with Gasteiger partial charge < -0.3 is 5.73 Å². The Bertz CT molecular complexity index is 1300. The van der Waals surface area contributed by atoms with Gasteiger partial charge in [0.1, 0.15) is 0 Å². The Labute approximate surface area is 172 Å². The Morgan fingerprint density at radius 3 is 2.47 bits per heavy atom. The van der Waals surface area contributed by atoms with Crippen LogP contribution in [0, 0.1) is 12.3 Å². The second-order valence-corrected chi connectivity index (χ2v) is 9.17. The zero-order chi connectivity index (χ0) is 22.3. The molecule has 3 aromatic rings. The van der Waals surface area contributed by atoms with Crippen LogP contribution in [-0.2, 0) is 16.2 Å². The average molecular weight is 433 g/mol. The van der Waals surface area contributed by atoms with Crippen molar-refractivity contribution in [3.05, 3.63) is 65.2 Å². The first-order chi connectivity index (χ1) is 14.0. The number of nitrogens with two attached hydrogens (primary N) is 1. The molecule has 0 fully saturated rings. The number of halogens is 3. The van der Waals surface area contributed by atoms with E-state index >= 15 is 0 Å². The second-order valence-electron chi connectivity index (χ2n) is 6.83. The number of terminal acetylenes is 1. The number of alkyl halides is 3. The van der Waals surface area contributed by atoms with Crippen LogP contribution in [0.3, 0.4) is 0 Å². The minimum absolute atomic E-state index is 0.197. The molecule has 3 rings (SSSR count). The quantitative estimate of drug-likeness (QED) is 0.623.